The summed E-state index contributed by atoms with van der Waals surface area (Å²) in [5.41, 5.74) is 0.940. The number of hydrogen-bond donors (Lipinski definition) is 3. The summed E-state index contributed by atoms with van der Waals surface area (Å²) in [5.74, 6) is -0.0219. The zero-order valence-corrected chi connectivity index (χ0v) is 26.4. The molecule has 6 aromatic rings. The molecule has 3 N–H and O–H groups in total. The van der Waals surface area contributed by atoms with Gasteiger partial charge in [-0.2, -0.15) is 4.98 Å². The van der Waals surface area contributed by atoms with E-state index in [0.29, 0.717) is 59.6 Å². The van der Waals surface area contributed by atoms with Crippen LogP contribution in [0.5, 0.6) is 11.5 Å². The van der Waals surface area contributed by atoms with Gasteiger partial charge in [-0.3, -0.25) is 0 Å². The van der Waals surface area contributed by atoms with Crippen LogP contribution in [-0.2, 0) is 23.4 Å². The van der Waals surface area contributed by atoms with Crippen LogP contribution < -0.4 is 19.7 Å². The molecule has 2 atom stereocenters. The molecule has 2 heterocycles. The van der Waals surface area contributed by atoms with E-state index in [2.05, 4.69) is 10.3 Å². The van der Waals surface area contributed by atoms with Crippen LogP contribution >= 0.6 is 0 Å². The summed E-state index contributed by atoms with van der Waals surface area (Å²) in [6, 6.07) is 39.4. The van der Waals surface area contributed by atoms with E-state index in [9.17, 15) is 15.0 Å². The summed E-state index contributed by atoms with van der Waals surface area (Å²) < 4.78 is 17.9. The van der Waals surface area contributed by atoms with Gasteiger partial charge in [0.2, 0.25) is 0 Å². The number of fused-ring (bicyclic) bond motifs is 2. The van der Waals surface area contributed by atoms with Crippen LogP contribution in [0.15, 0.2) is 132 Å². The topological polar surface area (TPSA) is 117 Å². The number of hydrogen-bond acceptors (Lipinski definition) is 8. The molecular weight excluding hydrogens is 606 g/mol. The average Bonchev–Trinajstić information content (AvgIpc) is 3.67. The predicted octanol–water partition coefficient (Wildman–Crippen LogP) is 6.65. The van der Waals surface area contributed by atoms with Crippen molar-refractivity contribution >= 4 is 28.8 Å². The standard InChI is InChI=1S/C39H35N3O6/c1-42(37-40-34-16-7-8-17-35(34)48-37)22-23-46-30-20-18-27(19-21-30)25-38(36(43)44)39(45,32-14-5-6-15-33(32)41-38)29-12-9-13-31(24-29)47-26-28-10-3-2-4-11-28/h2-21,24,41,45H,22-23,25-26H2,1H3,(H,43,44). The molecule has 0 fully saturated rings. The Morgan fingerprint density at radius 3 is 2.38 bits per heavy atom. The normalized spacial score (nSPS) is 18.2. The number of para-hydroxylation sites is 3. The largest absolute Gasteiger partial charge is 0.492 e. The van der Waals surface area contributed by atoms with Crippen molar-refractivity contribution in [3.63, 3.8) is 0 Å². The highest BCUT2D eigenvalue weighted by atomic mass is 16.5. The van der Waals surface area contributed by atoms with Gasteiger partial charge in [0.1, 0.15) is 30.2 Å². The van der Waals surface area contributed by atoms with Crippen LogP contribution in [-0.4, -0.2) is 46.9 Å². The zero-order chi connectivity index (χ0) is 33.1. The first kappa shape index (κ1) is 30.8. The Hall–Kier alpha value is -5.80. The first-order valence-electron chi connectivity index (χ1n) is 15.7. The molecule has 1 aliphatic heterocycles. The predicted molar refractivity (Wildman–Crippen MR) is 184 cm³/mol. The number of nitrogens with one attached hydrogen (secondary N) is 1. The number of ether oxygens (including phenoxy) is 2. The maximum atomic E-state index is 13.3. The maximum Gasteiger partial charge on any atom is 0.333 e. The third-order valence-electron chi connectivity index (χ3n) is 8.84. The lowest BCUT2D eigenvalue weighted by molar-refractivity contribution is -0.150. The fraction of sp³-hybridized carbons (Fsp3) is 0.179. The first-order valence-corrected chi connectivity index (χ1v) is 15.7. The highest BCUT2D eigenvalue weighted by molar-refractivity contribution is 5.91. The van der Waals surface area contributed by atoms with Gasteiger partial charge >= 0.3 is 5.97 Å². The minimum atomic E-state index is -1.92. The summed E-state index contributed by atoms with van der Waals surface area (Å²) in [4.78, 5) is 19.7. The molecule has 0 spiro atoms. The number of carbonyl (C=O) groups is 1. The van der Waals surface area contributed by atoms with Crippen molar-refractivity contribution in [2.24, 2.45) is 0 Å². The number of aliphatic carboxylic acids is 1. The van der Waals surface area contributed by atoms with Gasteiger partial charge in [0, 0.05) is 24.7 Å². The number of carboxylic acids is 1. The average molecular weight is 642 g/mol. The maximum absolute atomic E-state index is 13.3. The molecule has 9 nitrogen and oxygen atoms in total. The molecule has 2 unspecified atom stereocenters. The van der Waals surface area contributed by atoms with Crippen LogP contribution in [0.2, 0.25) is 0 Å². The summed E-state index contributed by atoms with van der Waals surface area (Å²) >= 11 is 0. The smallest absolute Gasteiger partial charge is 0.333 e. The Morgan fingerprint density at radius 2 is 1.58 bits per heavy atom. The van der Waals surface area contributed by atoms with Crippen LogP contribution in [0.1, 0.15) is 22.3 Å². The van der Waals surface area contributed by atoms with Crippen molar-refractivity contribution in [1.82, 2.24) is 4.98 Å². The van der Waals surface area contributed by atoms with Crippen LogP contribution in [0, 0.1) is 0 Å². The second kappa shape index (κ2) is 12.8. The molecule has 0 saturated heterocycles. The Bertz CT molecular complexity index is 2010. The molecule has 48 heavy (non-hydrogen) atoms. The Labute approximate surface area is 278 Å². The lowest BCUT2D eigenvalue weighted by atomic mass is 9.70. The first-order chi connectivity index (χ1) is 23.4. The van der Waals surface area contributed by atoms with E-state index in [4.69, 9.17) is 13.9 Å². The fourth-order valence-corrected chi connectivity index (χ4v) is 6.30. The third-order valence-corrected chi connectivity index (χ3v) is 8.84. The van der Waals surface area contributed by atoms with E-state index in [1.165, 1.54) is 0 Å². The number of aliphatic hydroxyl groups is 1. The molecular formula is C39H35N3O6. The Morgan fingerprint density at radius 1 is 0.833 bits per heavy atom. The Kier molecular flexibility index (Phi) is 8.20. The van der Waals surface area contributed by atoms with E-state index in [-0.39, 0.29) is 6.42 Å². The minimum absolute atomic E-state index is 0.0106. The van der Waals surface area contributed by atoms with E-state index in [0.717, 1.165) is 16.7 Å². The van der Waals surface area contributed by atoms with Gasteiger partial charge in [-0.15, -0.1) is 0 Å². The lowest BCUT2D eigenvalue weighted by Gasteiger charge is -2.40. The minimum Gasteiger partial charge on any atom is -0.492 e. The molecule has 0 amide bonds. The summed E-state index contributed by atoms with van der Waals surface area (Å²) in [6.45, 7) is 1.26. The van der Waals surface area contributed by atoms with Gasteiger partial charge in [0.15, 0.2) is 16.7 Å². The monoisotopic (exact) mass is 641 g/mol. The molecule has 7 rings (SSSR count). The molecule has 242 valence electrons. The second-order valence-electron chi connectivity index (χ2n) is 11.9. The summed E-state index contributed by atoms with van der Waals surface area (Å²) in [7, 11) is 1.89. The van der Waals surface area contributed by atoms with Crippen LogP contribution in [0.3, 0.4) is 0 Å². The second-order valence-corrected chi connectivity index (χ2v) is 11.9. The van der Waals surface area contributed by atoms with E-state index >= 15 is 0 Å². The van der Waals surface area contributed by atoms with E-state index in [1.807, 2.05) is 96.9 Å². The number of carboxylic acid groups (broad SMARTS) is 1. The molecule has 0 aliphatic carbocycles. The van der Waals surface area contributed by atoms with Gasteiger partial charge in [-0.05, 0) is 59.2 Å². The third kappa shape index (κ3) is 5.69. The quantitative estimate of drug-likeness (QED) is 0.135. The number of rotatable bonds is 12. The molecule has 0 radical (unpaired) electrons. The van der Waals surface area contributed by atoms with Crippen molar-refractivity contribution in [3.8, 4) is 11.5 Å². The number of nitrogens with zero attached hydrogens (tertiary/aromatic N) is 2. The molecule has 1 aliphatic rings. The number of anilines is 2. The van der Waals surface area contributed by atoms with Gasteiger partial charge < -0.3 is 34.3 Å². The molecule has 5 aromatic carbocycles. The van der Waals surface area contributed by atoms with Gasteiger partial charge in [-0.25, -0.2) is 4.79 Å². The van der Waals surface area contributed by atoms with Crippen molar-refractivity contribution in [1.29, 1.82) is 0 Å². The van der Waals surface area contributed by atoms with Crippen molar-refractivity contribution in [2.45, 2.75) is 24.2 Å². The zero-order valence-electron chi connectivity index (χ0n) is 26.4. The summed E-state index contributed by atoms with van der Waals surface area (Å²) in [6.07, 6.45) is -0.0106. The van der Waals surface area contributed by atoms with Gasteiger partial charge in [0.25, 0.3) is 6.01 Å². The number of aromatic nitrogens is 1. The van der Waals surface area contributed by atoms with E-state index < -0.39 is 17.1 Å². The molecule has 0 saturated carbocycles. The summed E-state index contributed by atoms with van der Waals surface area (Å²) in [5, 5.41) is 26.8. The van der Waals surface area contributed by atoms with Crippen molar-refractivity contribution < 1.29 is 28.9 Å². The van der Waals surface area contributed by atoms with Crippen molar-refractivity contribution in [3.05, 3.63) is 150 Å². The highest BCUT2D eigenvalue weighted by Gasteiger charge is 2.63. The fourth-order valence-electron chi connectivity index (χ4n) is 6.30. The number of oxazole rings is 1. The van der Waals surface area contributed by atoms with Crippen molar-refractivity contribution in [2.75, 3.05) is 30.4 Å². The highest BCUT2D eigenvalue weighted by Crippen LogP contribution is 2.52. The SMILES string of the molecule is CN(CCOc1ccc(CC2(C(=O)O)Nc3ccccc3C2(O)c2cccc(OCc3ccccc3)c2)cc1)c1nc2ccccc2o1. The van der Waals surface area contributed by atoms with Crippen LogP contribution in [0.25, 0.3) is 11.1 Å². The molecule has 9 heteroatoms. The molecule has 1 aromatic heterocycles. The number of likely N-dealkylation sites (N-methyl/N-ethyl adjacent to an activating group) is 1. The van der Waals surface area contributed by atoms with Crippen LogP contribution in [0.4, 0.5) is 11.7 Å². The molecule has 0 bridgehead atoms. The van der Waals surface area contributed by atoms with Gasteiger partial charge in [0.05, 0.1) is 6.54 Å². The van der Waals surface area contributed by atoms with E-state index in [1.54, 1.807) is 42.5 Å². The Balaban J connectivity index is 1.10. The lowest BCUT2D eigenvalue weighted by Crippen LogP contribution is -2.60. The van der Waals surface area contributed by atoms with Gasteiger partial charge in [-0.1, -0.05) is 84.9 Å². The number of benzene rings is 5.